The normalized spacial score (nSPS) is 15.4. The van der Waals surface area contributed by atoms with E-state index in [2.05, 4.69) is 10.1 Å². The Kier molecular flexibility index (Phi) is 5.44. The summed E-state index contributed by atoms with van der Waals surface area (Å²) in [5.74, 6) is 1.06. The Morgan fingerprint density at radius 1 is 1.18 bits per heavy atom. The molecule has 5 nitrogen and oxygen atoms in total. The molecule has 0 unspecified atom stereocenters. The van der Waals surface area contributed by atoms with Gasteiger partial charge < -0.3 is 4.52 Å². The molecule has 0 aliphatic carbocycles. The zero-order valence-corrected chi connectivity index (χ0v) is 17.2. The number of carbonyl (C=O) groups is 1. The van der Waals surface area contributed by atoms with Crippen molar-refractivity contribution >= 4 is 51.7 Å². The van der Waals surface area contributed by atoms with E-state index < -0.39 is 0 Å². The first-order valence-electron chi connectivity index (χ1n) is 8.54. The highest BCUT2D eigenvalue weighted by molar-refractivity contribution is 8.14. The van der Waals surface area contributed by atoms with Crippen LogP contribution in [0.3, 0.4) is 0 Å². The summed E-state index contributed by atoms with van der Waals surface area (Å²) in [5, 5.41) is 5.61. The largest absolute Gasteiger partial charge is 0.360 e. The number of halogens is 2. The highest BCUT2D eigenvalue weighted by Crippen LogP contribution is 2.32. The average molecular weight is 432 g/mol. The molecule has 142 valence electrons. The highest BCUT2D eigenvalue weighted by Gasteiger charge is 2.32. The Balaban J connectivity index is 1.69. The number of benzene rings is 2. The molecular formula is C20H15Cl2N3O2S. The molecule has 8 heteroatoms. The van der Waals surface area contributed by atoms with Crippen molar-refractivity contribution in [3.63, 3.8) is 0 Å². The average Bonchev–Trinajstić information content (AvgIpc) is 3.31. The first-order valence-corrected chi connectivity index (χ1v) is 10.3. The number of aryl methyl sites for hydroxylation is 1. The topological polar surface area (TPSA) is 58.7 Å². The van der Waals surface area contributed by atoms with Crippen LogP contribution in [0.5, 0.6) is 0 Å². The summed E-state index contributed by atoms with van der Waals surface area (Å²) in [6.45, 7) is 2.30. The van der Waals surface area contributed by atoms with E-state index in [0.717, 1.165) is 11.3 Å². The van der Waals surface area contributed by atoms with Crippen molar-refractivity contribution in [1.82, 2.24) is 10.1 Å². The molecule has 4 rings (SSSR count). The van der Waals surface area contributed by atoms with Crippen LogP contribution in [0.2, 0.25) is 10.0 Å². The second-order valence-corrected chi connectivity index (χ2v) is 8.00. The Morgan fingerprint density at radius 2 is 1.96 bits per heavy atom. The summed E-state index contributed by atoms with van der Waals surface area (Å²) >= 11 is 13.6. The van der Waals surface area contributed by atoms with E-state index >= 15 is 0 Å². The number of nitrogens with zero attached hydrogens (tertiary/aromatic N) is 3. The highest BCUT2D eigenvalue weighted by atomic mass is 35.5. The van der Waals surface area contributed by atoms with E-state index in [1.165, 1.54) is 11.8 Å². The molecule has 1 aliphatic rings. The maximum atomic E-state index is 13.3. The number of amidine groups is 1. The van der Waals surface area contributed by atoms with Gasteiger partial charge in [-0.2, -0.15) is 0 Å². The second kappa shape index (κ2) is 7.99. The smallest absolute Gasteiger partial charge is 0.265 e. The fraction of sp³-hybridized carbons (Fsp3) is 0.150. The van der Waals surface area contributed by atoms with Gasteiger partial charge in [-0.25, -0.2) is 4.99 Å². The lowest BCUT2D eigenvalue weighted by molar-refractivity contribution is 0.0858. The number of hydrogen-bond donors (Lipinski definition) is 0. The predicted octanol–water partition coefficient (Wildman–Crippen LogP) is 5.83. The van der Waals surface area contributed by atoms with E-state index in [1.54, 1.807) is 30.0 Å². The monoisotopic (exact) mass is 431 g/mol. The van der Waals surface area contributed by atoms with Crippen LogP contribution in [-0.4, -0.2) is 33.4 Å². The zero-order valence-electron chi connectivity index (χ0n) is 14.9. The molecule has 1 saturated heterocycles. The van der Waals surface area contributed by atoms with E-state index in [0.29, 0.717) is 44.5 Å². The maximum absolute atomic E-state index is 13.3. The van der Waals surface area contributed by atoms with Crippen LogP contribution in [-0.2, 0) is 0 Å². The first kappa shape index (κ1) is 19.1. The number of hydrogen-bond acceptors (Lipinski definition) is 5. The lowest BCUT2D eigenvalue weighted by atomic mass is 10.1. The van der Waals surface area contributed by atoms with Crippen LogP contribution in [0, 0.1) is 6.92 Å². The van der Waals surface area contributed by atoms with Crippen LogP contribution in [0.25, 0.3) is 11.3 Å². The Labute approximate surface area is 176 Å². The number of thioether (sulfide) groups is 1. The quantitative estimate of drug-likeness (QED) is 0.522. The van der Waals surface area contributed by atoms with Crippen LogP contribution in [0.4, 0.5) is 5.69 Å². The molecule has 1 aromatic heterocycles. The number of carbonyl (C=O) groups excluding carboxylic acids is 1. The van der Waals surface area contributed by atoms with Gasteiger partial charge in [-0.1, -0.05) is 70.5 Å². The van der Waals surface area contributed by atoms with E-state index in [1.807, 2.05) is 30.3 Å². The molecule has 28 heavy (non-hydrogen) atoms. The van der Waals surface area contributed by atoms with Crippen molar-refractivity contribution in [1.29, 1.82) is 0 Å². The summed E-state index contributed by atoms with van der Waals surface area (Å²) in [7, 11) is 0. The molecular weight excluding hydrogens is 417 g/mol. The Bertz CT molecular complexity index is 1070. The van der Waals surface area contributed by atoms with Crippen molar-refractivity contribution in [2.75, 3.05) is 12.3 Å². The summed E-state index contributed by atoms with van der Waals surface area (Å²) in [6.07, 6.45) is 0. The van der Waals surface area contributed by atoms with Crippen LogP contribution < -0.4 is 0 Å². The molecule has 0 saturated carbocycles. The third-order valence-electron chi connectivity index (χ3n) is 4.27. The van der Waals surface area contributed by atoms with E-state index in [-0.39, 0.29) is 5.91 Å². The Hall–Kier alpha value is -2.28. The van der Waals surface area contributed by atoms with Gasteiger partial charge in [-0.15, -0.1) is 0 Å². The SMILES string of the molecule is Cc1onc(-c2ccccc2)c1C(=O)N1CCSC1=Nc1ccc(Cl)c(Cl)c1. The van der Waals surface area contributed by atoms with E-state index in [9.17, 15) is 4.79 Å². The minimum Gasteiger partial charge on any atom is -0.360 e. The van der Waals surface area contributed by atoms with Crippen molar-refractivity contribution < 1.29 is 9.32 Å². The van der Waals surface area contributed by atoms with Gasteiger partial charge in [0.25, 0.3) is 5.91 Å². The number of aliphatic imine (C=N–C) groups is 1. The summed E-state index contributed by atoms with van der Waals surface area (Å²) < 4.78 is 5.34. The van der Waals surface area contributed by atoms with Crippen LogP contribution >= 0.6 is 35.0 Å². The fourth-order valence-corrected chi connectivity index (χ4v) is 4.15. The molecule has 3 aromatic rings. The number of rotatable bonds is 3. The standard InChI is InChI=1S/C20H15Cl2N3O2S/c1-12-17(18(24-27-12)13-5-3-2-4-6-13)19(26)25-9-10-28-20(25)23-14-7-8-15(21)16(22)11-14/h2-8,11H,9-10H2,1H3. The van der Waals surface area contributed by atoms with Gasteiger partial charge >= 0.3 is 0 Å². The number of aromatic nitrogens is 1. The first-order chi connectivity index (χ1) is 13.5. The molecule has 0 radical (unpaired) electrons. The van der Waals surface area contributed by atoms with Gasteiger partial charge in [0, 0.05) is 17.9 Å². The van der Waals surface area contributed by atoms with E-state index in [4.69, 9.17) is 27.7 Å². The third-order valence-corrected chi connectivity index (χ3v) is 5.97. The third kappa shape index (κ3) is 3.68. The lowest BCUT2D eigenvalue weighted by Gasteiger charge is -2.16. The van der Waals surface area contributed by atoms with Crippen LogP contribution in [0.15, 0.2) is 58.0 Å². The minimum atomic E-state index is -0.179. The van der Waals surface area contributed by atoms with Crippen molar-refractivity contribution in [2.45, 2.75) is 6.92 Å². The van der Waals surface area contributed by atoms with Crippen molar-refractivity contribution in [3.8, 4) is 11.3 Å². The molecule has 0 atom stereocenters. The molecule has 2 aromatic carbocycles. The van der Waals surface area contributed by atoms with Gasteiger partial charge in [-0.3, -0.25) is 9.69 Å². The molecule has 0 spiro atoms. The Morgan fingerprint density at radius 3 is 2.71 bits per heavy atom. The van der Waals surface area contributed by atoms with Gasteiger partial charge in [0.2, 0.25) is 0 Å². The lowest BCUT2D eigenvalue weighted by Crippen LogP contribution is -2.32. The zero-order chi connectivity index (χ0) is 19.7. The number of amides is 1. The maximum Gasteiger partial charge on any atom is 0.265 e. The van der Waals surface area contributed by atoms with Crippen molar-refractivity contribution in [3.05, 3.63) is 69.9 Å². The molecule has 0 N–H and O–H groups in total. The summed E-state index contributed by atoms with van der Waals surface area (Å²) in [5.41, 5.74) is 2.46. The van der Waals surface area contributed by atoms with Gasteiger partial charge in [0.05, 0.1) is 15.7 Å². The molecule has 0 bridgehead atoms. The molecule has 1 amide bonds. The fourth-order valence-electron chi connectivity index (χ4n) is 2.90. The predicted molar refractivity (Wildman–Crippen MR) is 114 cm³/mol. The molecule has 1 fully saturated rings. The van der Waals surface area contributed by atoms with Gasteiger partial charge in [0.1, 0.15) is 17.0 Å². The van der Waals surface area contributed by atoms with Gasteiger partial charge in [0.15, 0.2) is 5.17 Å². The van der Waals surface area contributed by atoms with Gasteiger partial charge in [-0.05, 0) is 25.1 Å². The summed E-state index contributed by atoms with van der Waals surface area (Å²) in [4.78, 5) is 19.6. The molecule has 1 aliphatic heterocycles. The van der Waals surface area contributed by atoms with Crippen molar-refractivity contribution in [2.24, 2.45) is 4.99 Å². The minimum absolute atomic E-state index is 0.179. The molecule has 2 heterocycles. The van der Waals surface area contributed by atoms with Crippen LogP contribution in [0.1, 0.15) is 16.1 Å². The summed E-state index contributed by atoms with van der Waals surface area (Å²) in [6, 6.07) is 14.6. The second-order valence-electron chi connectivity index (χ2n) is 6.13.